The first-order valence-corrected chi connectivity index (χ1v) is 25.0. The first-order valence-electron chi connectivity index (χ1n) is 22.2. The summed E-state index contributed by atoms with van der Waals surface area (Å²) in [5.74, 6) is -8.91. The molecule has 22 heteroatoms. The van der Waals surface area contributed by atoms with Crippen LogP contribution in [0.1, 0.15) is 48.8 Å². The van der Waals surface area contributed by atoms with Crippen LogP contribution in [0, 0.1) is 0 Å². The number of carboxylic acids is 1. The number of carbonyl (C=O) groups is 10. The highest BCUT2D eigenvalue weighted by Crippen LogP contribution is 2.36. The molecule has 5 rings (SSSR count). The minimum absolute atomic E-state index is 0.0199. The van der Waals surface area contributed by atoms with Gasteiger partial charge in [0.25, 0.3) is 5.91 Å². The Labute approximate surface area is 411 Å². The Bertz CT molecular complexity index is 2560. The lowest BCUT2D eigenvalue weighted by Gasteiger charge is -2.27. The van der Waals surface area contributed by atoms with E-state index in [2.05, 4.69) is 31.6 Å². The van der Waals surface area contributed by atoms with E-state index in [1.54, 1.807) is 54.9 Å². The number of ketones is 2. The molecule has 0 spiro atoms. The minimum Gasteiger partial charge on any atom is -0.508 e. The molecular weight excluding hydrogens is 945 g/mol. The third kappa shape index (κ3) is 14.0. The second kappa shape index (κ2) is 25.5. The normalized spacial score (nSPS) is 15.1. The maximum Gasteiger partial charge on any atom is 0.305 e. The third-order valence-electron chi connectivity index (χ3n) is 11.6. The van der Waals surface area contributed by atoms with Crippen molar-refractivity contribution in [1.82, 2.24) is 36.9 Å². The first kappa shape index (κ1) is 53.9. The van der Waals surface area contributed by atoms with Crippen LogP contribution in [-0.4, -0.2) is 135 Å². The Balaban J connectivity index is 1.31. The molecule has 11 N–H and O–H groups in total. The van der Waals surface area contributed by atoms with Gasteiger partial charge < -0.3 is 47.5 Å². The van der Waals surface area contributed by atoms with E-state index in [4.69, 9.17) is 5.73 Å². The summed E-state index contributed by atoms with van der Waals surface area (Å²) in [5.41, 5.74) is 5.81. The number of hydrogen-bond donors (Lipinski definition) is 10. The van der Waals surface area contributed by atoms with Gasteiger partial charge in [0.2, 0.25) is 35.4 Å². The van der Waals surface area contributed by atoms with Crippen LogP contribution in [-0.2, 0) is 66.2 Å². The topological polar surface area (TPSA) is 325 Å². The number of rotatable bonds is 25. The van der Waals surface area contributed by atoms with Crippen molar-refractivity contribution in [3.63, 3.8) is 0 Å². The van der Waals surface area contributed by atoms with Crippen LogP contribution in [0.4, 0.5) is 0 Å². The number of nitrogens with one attached hydrogen (secondary N) is 7. The number of phenols is 1. The van der Waals surface area contributed by atoms with Gasteiger partial charge >= 0.3 is 5.97 Å². The van der Waals surface area contributed by atoms with Crippen LogP contribution < -0.4 is 37.6 Å². The van der Waals surface area contributed by atoms with E-state index < -0.39 is 107 Å². The van der Waals surface area contributed by atoms with Crippen molar-refractivity contribution in [2.24, 2.45) is 5.73 Å². The van der Waals surface area contributed by atoms with Crippen molar-refractivity contribution < 1.29 is 58.2 Å². The Morgan fingerprint density at radius 1 is 0.686 bits per heavy atom. The molecule has 0 saturated heterocycles. The highest BCUT2D eigenvalue weighted by Gasteiger charge is 2.57. The lowest BCUT2D eigenvalue weighted by molar-refractivity contribution is -0.146. The number of phenolic OH excluding ortho intramolecular Hbond substituents is 1. The molecule has 20 nitrogen and oxygen atoms in total. The zero-order chi connectivity index (χ0) is 51.0. The van der Waals surface area contributed by atoms with Crippen LogP contribution in [0.15, 0.2) is 85.1 Å². The number of hydrogen-bond acceptors (Lipinski definition) is 14. The summed E-state index contributed by atoms with van der Waals surface area (Å²) in [6, 6.07) is 13.8. The molecule has 0 bridgehead atoms. The zero-order valence-electron chi connectivity index (χ0n) is 38.4. The zero-order valence-corrected chi connectivity index (χ0v) is 40.0. The van der Waals surface area contributed by atoms with Crippen molar-refractivity contribution in [1.29, 1.82) is 0 Å². The molecule has 1 aliphatic carbocycles. The number of aromatic amines is 1. The minimum atomic E-state index is -2.37. The van der Waals surface area contributed by atoms with Gasteiger partial charge in [-0.15, -0.1) is 0 Å². The van der Waals surface area contributed by atoms with Gasteiger partial charge in [-0.1, -0.05) is 60.7 Å². The fourth-order valence-electron chi connectivity index (χ4n) is 7.91. The molecule has 0 unspecified atom stereocenters. The van der Waals surface area contributed by atoms with Crippen molar-refractivity contribution in [2.45, 2.75) is 80.6 Å². The fourth-order valence-corrected chi connectivity index (χ4v) is 8.85. The second-order valence-electron chi connectivity index (χ2n) is 16.5. The first-order chi connectivity index (χ1) is 33.5. The van der Waals surface area contributed by atoms with E-state index >= 15 is 0 Å². The third-order valence-corrected chi connectivity index (χ3v) is 12.9. The summed E-state index contributed by atoms with van der Waals surface area (Å²) in [6.45, 7) is -0.633. The Morgan fingerprint density at radius 2 is 1.26 bits per heavy atom. The summed E-state index contributed by atoms with van der Waals surface area (Å²) < 4.78 is 0. The Morgan fingerprint density at radius 3 is 1.89 bits per heavy atom. The number of carbonyl (C=O) groups excluding carboxylic acids is 9. The standard InChI is InChI=1S/C48H56N8O12S2/c1-69-20-18-34(53-42(63)32(49)22-27-12-14-30(57)15-13-27)43(64)51-26-40(60)52-36(23-28-25-50-33-11-7-6-10-31(28)33)45(66)54-35(19-21-70-2)44(65)55-37(24-41(61)62)46(67)56-47(68)48(29-8-4-3-5-9-29)38(58)16-17-39(48)59/h3-15,25,32,34-37,50,57H,16-24,26,49H2,1-2H3,(H,51,64)(H,52,60)(H,53,63)(H,54,66)(H,55,65)(H,61,62)(H,56,67,68)/t32-,34-,35-,36-,37-/m0/s1. The highest BCUT2D eigenvalue weighted by molar-refractivity contribution is 7.98. The molecule has 372 valence electrons. The van der Waals surface area contributed by atoms with E-state index in [0.29, 0.717) is 16.9 Å². The summed E-state index contributed by atoms with van der Waals surface area (Å²) in [4.78, 5) is 137. The van der Waals surface area contributed by atoms with Crippen LogP contribution in [0.5, 0.6) is 5.75 Å². The molecule has 0 radical (unpaired) electrons. The number of aromatic nitrogens is 1. The summed E-state index contributed by atoms with van der Waals surface area (Å²) >= 11 is 2.73. The molecule has 4 aromatic rings. The number of H-pyrrole nitrogens is 1. The number of Topliss-reactive ketones (excluding diaryl/α,β-unsaturated/α-hetero) is 2. The summed E-state index contributed by atoms with van der Waals surface area (Å²) in [6.07, 6.45) is 3.76. The molecule has 1 saturated carbocycles. The average molecular weight is 1000 g/mol. The van der Waals surface area contributed by atoms with Gasteiger partial charge in [-0.2, -0.15) is 23.5 Å². The predicted molar refractivity (Wildman–Crippen MR) is 261 cm³/mol. The van der Waals surface area contributed by atoms with E-state index in [-0.39, 0.29) is 55.6 Å². The maximum atomic E-state index is 14.3. The predicted octanol–water partition coefficient (Wildman–Crippen LogP) is 0.535. The molecule has 7 amide bonds. The van der Waals surface area contributed by atoms with Gasteiger partial charge in [0, 0.05) is 36.4 Å². The SMILES string of the molecule is CSCC[C@H](NC(=O)[C@H](Cc1c[nH]c2ccccc12)NC(=O)CNC(=O)[C@H](CCSC)NC(=O)[C@@H](N)Cc1ccc(O)cc1)C(=O)N[C@@H](CC(=O)O)C(=O)NC(=O)C1(c2ccccc2)C(=O)CCC1=O. The number of thioether (sulfide) groups is 2. The molecule has 1 heterocycles. The van der Waals surface area contributed by atoms with Gasteiger partial charge in [0.1, 0.15) is 29.9 Å². The number of imide groups is 1. The van der Waals surface area contributed by atoms with Gasteiger partial charge in [0.05, 0.1) is 19.0 Å². The molecule has 0 aliphatic heterocycles. The monoisotopic (exact) mass is 1000 g/mol. The van der Waals surface area contributed by atoms with E-state index in [9.17, 15) is 58.2 Å². The van der Waals surface area contributed by atoms with Crippen LogP contribution in [0.2, 0.25) is 0 Å². The van der Waals surface area contributed by atoms with Crippen LogP contribution in [0.25, 0.3) is 10.9 Å². The molecule has 3 aromatic carbocycles. The highest BCUT2D eigenvalue weighted by atomic mass is 32.2. The Kier molecular flexibility index (Phi) is 19.7. The molecule has 1 aromatic heterocycles. The van der Waals surface area contributed by atoms with Gasteiger partial charge in [-0.25, -0.2) is 0 Å². The number of fused-ring (bicyclic) bond motifs is 1. The molecular formula is C48H56N8O12S2. The summed E-state index contributed by atoms with van der Waals surface area (Å²) in [5, 5.41) is 34.8. The number of nitrogens with two attached hydrogens (primary N) is 1. The number of aromatic hydroxyl groups is 1. The number of benzene rings is 3. The van der Waals surface area contributed by atoms with Crippen LogP contribution in [0.3, 0.4) is 0 Å². The number of carboxylic acid groups (broad SMARTS) is 1. The quantitative estimate of drug-likeness (QED) is 0.0405. The maximum absolute atomic E-state index is 14.3. The largest absolute Gasteiger partial charge is 0.508 e. The van der Waals surface area contributed by atoms with E-state index in [0.717, 1.165) is 10.9 Å². The van der Waals surface area contributed by atoms with Gasteiger partial charge in [-0.3, -0.25) is 53.3 Å². The van der Waals surface area contributed by atoms with E-state index in [1.165, 1.54) is 59.9 Å². The van der Waals surface area contributed by atoms with Crippen LogP contribution >= 0.6 is 23.5 Å². The van der Waals surface area contributed by atoms with E-state index in [1.807, 2.05) is 11.6 Å². The number of aliphatic carboxylic acids is 1. The second-order valence-corrected chi connectivity index (χ2v) is 18.5. The number of amides is 7. The fraction of sp³-hybridized carbons (Fsp3) is 0.375. The van der Waals surface area contributed by atoms with Gasteiger partial charge in [0.15, 0.2) is 17.0 Å². The average Bonchev–Trinajstić information content (AvgIpc) is 3.89. The Hall–Kier alpha value is -7.04. The van der Waals surface area contributed by atoms with Crippen molar-refractivity contribution in [3.05, 3.63) is 102 Å². The van der Waals surface area contributed by atoms with Crippen molar-refractivity contribution >= 4 is 93.3 Å². The van der Waals surface area contributed by atoms with Gasteiger partial charge in [-0.05, 0) is 78.2 Å². The molecule has 1 fully saturated rings. The molecule has 5 atom stereocenters. The van der Waals surface area contributed by atoms with Crippen molar-refractivity contribution in [3.8, 4) is 5.75 Å². The number of para-hydroxylation sites is 1. The lowest BCUT2D eigenvalue weighted by atomic mass is 9.76. The van der Waals surface area contributed by atoms with Crippen molar-refractivity contribution in [2.75, 3.05) is 30.6 Å². The smallest absolute Gasteiger partial charge is 0.305 e. The molecule has 1 aliphatic rings. The lowest BCUT2D eigenvalue weighted by Crippen LogP contribution is -2.60. The molecule has 70 heavy (non-hydrogen) atoms. The summed E-state index contributed by atoms with van der Waals surface area (Å²) in [7, 11) is 0.